The Morgan fingerprint density at radius 1 is 1.03 bits per heavy atom. The van der Waals surface area contributed by atoms with Crippen LogP contribution >= 0.6 is 0 Å². The number of halogens is 1. The molecule has 2 heterocycles. The number of anilines is 1. The Balaban J connectivity index is 1.48. The summed E-state index contributed by atoms with van der Waals surface area (Å²) in [5.41, 5.74) is 2.82. The van der Waals surface area contributed by atoms with E-state index in [0.29, 0.717) is 16.8 Å². The van der Waals surface area contributed by atoms with Crippen LogP contribution < -0.4 is 10.2 Å². The molecule has 2 aromatic heterocycles. The van der Waals surface area contributed by atoms with E-state index in [-0.39, 0.29) is 36.0 Å². The van der Waals surface area contributed by atoms with E-state index < -0.39 is 6.04 Å². The lowest BCUT2D eigenvalue weighted by Crippen LogP contribution is -2.47. The van der Waals surface area contributed by atoms with Crippen LogP contribution in [0.1, 0.15) is 42.9 Å². The summed E-state index contributed by atoms with van der Waals surface area (Å²) in [6.07, 6.45) is 7.19. The van der Waals surface area contributed by atoms with Gasteiger partial charge in [0.05, 0.1) is 0 Å². The fourth-order valence-corrected chi connectivity index (χ4v) is 4.68. The first-order chi connectivity index (χ1) is 18.5. The van der Waals surface area contributed by atoms with Gasteiger partial charge in [-0.25, -0.2) is 4.39 Å². The van der Waals surface area contributed by atoms with E-state index in [2.05, 4.69) is 25.7 Å². The molecule has 1 unspecified atom stereocenters. The summed E-state index contributed by atoms with van der Waals surface area (Å²) in [7, 11) is 0. The van der Waals surface area contributed by atoms with Gasteiger partial charge in [0.25, 0.3) is 5.91 Å². The number of hydrogen-bond donors (Lipinski definition) is 1. The molecule has 0 saturated heterocycles. The standard InChI is InChI=1S/C28H28FN7O2/c1-19-6-12-24(13-7-19)36(25(37)18-35-33-27(32-34-35)21-8-10-22(29)11-9-21)26(20-14-16-30-17-15-20)28(38)31-23-4-2-3-5-23/h6-17,23,26H,2-5,18H2,1H3,(H,31,38). The van der Waals surface area contributed by atoms with Gasteiger partial charge in [-0.3, -0.25) is 19.5 Å². The monoisotopic (exact) mass is 513 g/mol. The zero-order valence-electron chi connectivity index (χ0n) is 21.0. The minimum atomic E-state index is -0.922. The van der Waals surface area contributed by atoms with Crippen molar-refractivity contribution < 1.29 is 14.0 Å². The first-order valence-corrected chi connectivity index (χ1v) is 12.6. The summed E-state index contributed by atoms with van der Waals surface area (Å²) >= 11 is 0. The van der Waals surface area contributed by atoms with Crippen molar-refractivity contribution in [2.75, 3.05) is 4.90 Å². The topological polar surface area (TPSA) is 106 Å². The van der Waals surface area contributed by atoms with Crippen LogP contribution in [0.2, 0.25) is 0 Å². The maximum atomic E-state index is 13.9. The van der Waals surface area contributed by atoms with E-state index in [4.69, 9.17) is 0 Å². The molecule has 5 rings (SSSR count). The molecule has 0 spiro atoms. The van der Waals surface area contributed by atoms with Crippen molar-refractivity contribution in [2.45, 2.75) is 51.2 Å². The van der Waals surface area contributed by atoms with Crippen LogP contribution in [-0.4, -0.2) is 43.0 Å². The first-order valence-electron chi connectivity index (χ1n) is 12.6. The van der Waals surface area contributed by atoms with Crippen molar-refractivity contribution in [1.29, 1.82) is 0 Å². The van der Waals surface area contributed by atoms with Crippen LogP contribution in [0.3, 0.4) is 0 Å². The molecule has 9 nitrogen and oxygen atoms in total. The second kappa shape index (κ2) is 11.3. The number of carbonyl (C=O) groups is 2. The third-order valence-electron chi connectivity index (χ3n) is 6.64. The summed E-state index contributed by atoms with van der Waals surface area (Å²) in [5, 5.41) is 15.5. The highest BCUT2D eigenvalue weighted by Crippen LogP contribution is 2.29. The smallest absolute Gasteiger partial charge is 0.251 e. The fourth-order valence-electron chi connectivity index (χ4n) is 4.68. The average molecular weight is 514 g/mol. The summed E-state index contributed by atoms with van der Waals surface area (Å²) in [4.78, 5) is 34.4. The molecule has 1 fully saturated rings. The van der Waals surface area contributed by atoms with Crippen LogP contribution in [0.15, 0.2) is 73.1 Å². The maximum absolute atomic E-state index is 13.9. The highest BCUT2D eigenvalue weighted by Gasteiger charge is 2.34. The Labute approximate surface area is 219 Å². The molecule has 1 aliphatic carbocycles. The molecule has 0 radical (unpaired) electrons. The second-order valence-corrected chi connectivity index (χ2v) is 9.42. The zero-order valence-corrected chi connectivity index (χ0v) is 21.0. The number of tetrazole rings is 1. The molecule has 1 N–H and O–H groups in total. The lowest BCUT2D eigenvalue weighted by Gasteiger charge is -2.32. The summed E-state index contributed by atoms with van der Waals surface area (Å²) in [5.74, 6) is -0.747. The van der Waals surface area contributed by atoms with Crippen molar-refractivity contribution in [1.82, 2.24) is 30.5 Å². The lowest BCUT2D eigenvalue weighted by molar-refractivity contribution is -0.127. The van der Waals surface area contributed by atoms with Crippen molar-refractivity contribution in [3.63, 3.8) is 0 Å². The Morgan fingerprint density at radius 3 is 2.39 bits per heavy atom. The third-order valence-corrected chi connectivity index (χ3v) is 6.64. The Bertz CT molecular complexity index is 1380. The van der Waals surface area contributed by atoms with Gasteiger partial charge >= 0.3 is 0 Å². The zero-order chi connectivity index (χ0) is 26.5. The van der Waals surface area contributed by atoms with Gasteiger partial charge < -0.3 is 5.32 Å². The molecule has 38 heavy (non-hydrogen) atoms. The molecule has 0 bridgehead atoms. The van der Waals surface area contributed by atoms with Crippen molar-refractivity contribution in [3.8, 4) is 11.4 Å². The molecule has 0 aliphatic heterocycles. The number of rotatable bonds is 8. The number of nitrogens with one attached hydrogen (secondary N) is 1. The van der Waals surface area contributed by atoms with Crippen LogP contribution in [0.25, 0.3) is 11.4 Å². The number of carbonyl (C=O) groups excluding carboxylic acids is 2. The SMILES string of the molecule is Cc1ccc(N(C(=O)Cn2nnc(-c3ccc(F)cc3)n2)C(C(=O)NC2CCCC2)c2ccncc2)cc1. The summed E-state index contributed by atoms with van der Waals surface area (Å²) in [6.45, 7) is 1.71. The van der Waals surface area contributed by atoms with E-state index >= 15 is 0 Å². The van der Waals surface area contributed by atoms with Crippen LogP contribution in [-0.2, 0) is 16.1 Å². The van der Waals surface area contributed by atoms with Crippen LogP contribution in [0.4, 0.5) is 10.1 Å². The number of nitrogens with zero attached hydrogens (tertiary/aromatic N) is 6. The molecular weight excluding hydrogens is 485 g/mol. The van der Waals surface area contributed by atoms with Gasteiger partial charge in [0, 0.05) is 29.7 Å². The van der Waals surface area contributed by atoms with Gasteiger partial charge in [0.2, 0.25) is 11.7 Å². The molecule has 1 saturated carbocycles. The van der Waals surface area contributed by atoms with Gasteiger partial charge in [-0.05, 0) is 79.1 Å². The Kier molecular flexibility index (Phi) is 7.48. The molecule has 10 heteroatoms. The maximum Gasteiger partial charge on any atom is 0.251 e. The van der Waals surface area contributed by atoms with Crippen LogP contribution in [0.5, 0.6) is 0 Å². The first kappa shape index (κ1) is 25.2. The van der Waals surface area contributed by atoms with Gasteiger partial charge in [-0.15, -0.1) is 10.2 Å². The number of aryl methyl sites for hydroxylation is 1. The van der Waals surface area contributed by atoms with E-state index in [1.54, 1.807) is 36.7 Å². The average Bonchev–Trinajstić information content (AvgIpc) is 3.61. The normalized spacial score (nSPS) is 14.3. The van der Waals surface area contributed by atoms with Gasteiger partial charge in [0.1, 0.15) is 18.4 Å². The van der Waals surface area contributed by atoms with Crippen molar-refractivity contribution in [3.05, 3.63) is 90.0 Å². The van der Waals surface area contributed by atoms with Crippen LogP contribution in [0, 0.1) is 12.7 Å². The summed E-state index contributed by atoms with van der Waals surface area (Å²) in [6, 6.07) is 15.8. The largest absolute Gasteiger partial charge is 0.351 e. The fraction of sp³-hybridized carbons (Fsp3) is 0.286. The number of pyridine rings is 1. The number of hydrogen-bond acceptors (Lipinski definition) is 6. The number of aromatic nitrogens is 5. The molecule has 194 valence electrons. The highest BCUT2D eigenvalue weighted by molar-refractivity contribution is 6.01. The minimum Gasteiger partial charge on any atom is -0.351 e. The Morgan fingerprint density at radius 2 is 1.71 bits per heavy atom. The molecular formula is C28H28FN7O2. The third kappa shape index (κ3) is 5.74. The predicted octanol–water partition coefficient (Wildman–Crippen LogP) is 4.02. The quantitative estimate of drug-likeness (QED) is 0.382. The molecule has 4 aromatic rings. The Hall–Kier alpha value is -4.47. The van der Waals surface area contributed by atoms with E-state index in [0.717, 1.165) is 31.2 Å². The molecule has 2 aromatic carbocycles. The number of benzene rings is 2. The molecule has 1 aliphatic rings. The molecule has 1 atom stereocenters. The van der Waals surface area contributed by atoms with Gasteiger partial charge in [0.15, 0.2) is 0 Å². The summed E-state index contributed by atoms with van der Waals surface area (Å²) < 4.78 is 13.3. The van der Waals surface area contributed by atoms with Crippen molar-refractivity contribution >= 4 is 17.5 Å². The number of amides is 2. The lowest BCUT2D eigenvalue weighted by atomic mass is 10.0. The van der Waals surface area contributed by atoms with E-state index in [1.807, 2.05) is 31.2 Å². The van der Waals surface area contributed by atoms with Crippen molar-refractivity contribution in [2.24, 2.45) is 0 Å². The minimum absolute atomic E-state index is 0.0806. The highest BCUT2D eigenvalue weighted by atomic mass is 19.1. The van der Waals surface area contributed by atoms with E-state index in [9.17, 15) is 14.0 Å². The predicted molar refractivity (Wildman–Crippen MR) is 139 cm³/mol. The van der Waals surface area contributed by atoms with Gasteiger partial charge in [-0.1, -0.05) is 30.5 Å². The second-order valence-electron chi connectivity index (χ2n) is 9.42. The molecule has 2 amide bonds. The van der Waals surface area contributed by atoms with E-state index in [1.165, 1.54) is 21.8 Å². The van der Waals surface area contributed by atoms with Gasteiger partial charge in [-0.2, -0.15) is 4.80 Å².